The molecular weight excluding hydrogens is 228 g/mol. The van der Waals surface area contributed by atoms with Crippen molar-refractivity contribution in [3.63, 3.8) is 0 Å². The Hall–Kier alpha value is -1.84. The summed E-state index contributed by atoms with van der Waals surface area (Å²) in [6.45, 7) is 2.63. The summed E-state index contributed by atoms with van der Waals surface area (Å²) in [7, 11) is 0. The van der Waals surface area contributed by atoms with Crippen LogP contribution in [0.1, 0.15) is 24.0 Å². The Morgan fingerprint density at radius 3 is 2.89 bits per heavy atom. The van der Waals surface area contributed by atoms with Crippen molar-refractivity contribution < 1.29 is 9.59 Å². The summed E-state index contributed by atoms with van der Waals surface area (Å²) < 4.78 is 0. The number of nitrogens with zero attached hydrogens (tertiary/aromatic N) is 1. The van der Waals surface area contributed by atoms with Crippen LogP contribution in [-0.4, -0.2) is 29.3 Å². The standard InChI is InChI=1S/C14H18N2O2/c1-10-4-2-5-11(8-10)9-13(17)16-7-3-6-12(16)14(15)18/h2,4-5,8,12H,3,6-7,9H2,1H3,(H2,15,18). The number of amides is 2. The van der Waals surface area contributed by atoms with Crippen LogP contribution >= 0.6 is 0 Å². The molecule has 1 aromatic rings. The highest BCUT2D eigenvalue weighted by Gasteiger charge is 2.32. The lowest BCUT2D eigenvalue weighted by atomic mass is 10.1. The molecule has 1 unspecified atom stereocenters. The minimum atomic E-state index is -0.415. The fourth-order valence-electron chi connectivity index (χ4n) is 2.46. The predicted octanol–water partition coefficient (Wildman–Crippen LogP) is 1.01. The fourth-order valence-corrected chi connectivity index (χ4v) is 2.46. The normalized spacial score (nSPS) is 18.9. The zero-order chi connectivity index (χ0) is 13.1. The minimum absolute atomic E-state index is 0.0121. The monoisotopic (exact) mass is 246 g/mol. The summed E-state index contributed by atoms with van der Waals surface area (Å²) in [6.07, 6.45) is 1.88. The molecule has 2 amide bonds. The van der Waals surface area contributed by atoms with Gasteiger partial charge in [0.05, 0.1) is 6.42 Å². The molecule has 0 radical (unpaired) electrons. The van der Waals surface area contributed by atoms with Crippen LogP contribution in [0.4, 0.5) is 0 Å². The second-order valence-corrected chi connectivity index (χ2v) is 4.81. The summed E-state index contributed by atoms with van der Waals surface area (Å²) >= 11 is 0. The van der Waals surface area contributed by atoms with Gasteiger partial charge in [-0.25, -0.2) is 0 Å². The molecule has 0 bridgehead atoms. The molecular formula is C14H18N2O2. The predicted molar refractivity (Wildman–Crippen MR) is 68.8 cm³/mol. The first kappa shape index (κ1) is 12.6. The first-order chi connectivity index (χ1) is 8.58. The molecule has 0 saturated carbocycles. The van der Waals surface area contributed by atoms with Crippen molar-refractivity contribution in [2.45, 2.75) is 32.2 Å². The van der Waals surface area contributed by atoms with Crippen molar-refractivity contribution in [3.05, 3.63) is 35.4 Å². The Morgan fingerprint density at radius 2 is 2.22 bits per heavy atom. The van der Waals surface area contributed by atoms with Crippen molar-refractivity contribution in [3.8, 4) is 0 Å². The van der Waals surface area contributed by atoms with E-state index in [1.54, 1.807) is 4.90 Å². The largest absolute Gasteiger partial charge is 0.368 e. The maximum atomic E-state index is 12.2. The third-order valence-corrected chi connectivity index (χ3v) is 3.34. The molecule has 4 nitrogen and oxygen atoms in total. The van der Waals surface area contributed by atoms with Crippen LogP contribution in [0, 0.1) is 6.92 Å². The third kappa shape index (κ3) is 2.70. The minimum Gasteiger partial charge on any atom is -0.368 e. The van der Waals surface area contributed by atoms with Crippen molar-refractivity contribution in [2.75, 3.05) is 6.54 Å². The zero-order valence-corrected chi connectivity index (χ0v) is 10.6. The molecule has 4 heteroatoms. The summed E-state index contributed by atoms with van der Waals surface area (Å²) in [5, 5.41) is 0. The second kappa shape index (κ2) is 5.21. The summed E-state index contributed by atoms with van der Waals surface area (Å²) in [6, 6.07) is 7.44. The van der Waals surface area contributed by atoms with Crippen molar-refractivity contribution in [1.29, 1.82) is 0 Å². The highest BCUT2D eigenvalue weighted by molar-refractivity contribution is 5.88. The number of likely N-dealkylation sites (tertiary alicyclic amines) is 1. The van der Waals surface area contributed by atoms with Crippen molar-refractivity contribution in [1.82, 2.24) is 4.90 Å². The van der Waals surface area contributed by atoms with Gasteiger partial charge in [-0.15, -0.1) is 0 Å². The molecule has 2 N–H and O–H groups in total. The van der Waals surface area contributed by atoms with E-state index in [9.17, 15) is 9.59 Å². The summed E-state index contributed by atoms with van der Waals surface area (Å²) in [4.78, 5) is 25.0. The van der Waals surface area contributed by atoms with Gasteiger partial charge in [-0.05, 0) is 25.3 Å². The van der Waals surface area contributed by atoms with E-state index in [-0.39, 0.29) is 5.91 Å². The Morgan fingerprint density at radius 1 is 1.44 bits per heavy atom. The van der Waals surface area contributed by atoms with E-state index in [0.717, 1.165) is 17.5 Å². The molecule has 2 rings (SSSR count). The molecule has 1 fully saturated rings. The number of nitrogens with two attached hydrogens (primary N) is 1. The molecule has 1 atom stereocenters. The van der Waals surface area contributed by atoms with E-state index in [0.29, 0.717) is 19.4 Å². The van der Waals surface area contributed by atoms with Gasteiger partial charge in [-0.2, -0.15) is 0 Å². The first-order valence-corrected chi connectivity index (χ1v) is 6.22. The van der Waals surface area contributed by atoms with E-state index in [2.05, 4.69) is 0 Å². The van der Waals surface area contributed by atoms with E-state index < -0.39 is 11.9 Å². The SMILES string of the molecule is Cc1cccc(CC(=O)N2CCCC2C(N)=O)c1. The molecule has 0 aromatic heterocycles. The van der Waals surface area contributed by atoms with Gasteiger partial charge in [0.1, 0.15) is 6.04 Å². The molecule has 96 valence electrons. The Balaban J connectivity index is 2.06. The number of hydrogen-bond donors (Lipinski definition) is 1. The Labute approximate surface area is 107 Å². The number of aryl methyl sites for hydroxylation is 1. The molecule has 0 spiro atoms. The van der Waals surface area contributed by atoms with E-state index in [4.69, 9.17) is 5.73 Å². The number of benzene rings is 1. The molecule has 1 aliphatic rings. The number of primary amides is 1. The van der Waals surface area contributed by atoms with Gasteiger partial charge >= 0.3 is 0 Å². The average Bonchev–Trinajstić information content (AvgIpc) is 2.77. The van der Waals surface area contributed by atoms with Gasteiger partial charge < -0.3 is 10.6 Å². The highest BCUT2D eigenvalue weighted by Crippen LogP contribution is 2.18. The fraction of sp³-hybridized carbons (Fsp3) is 0.429. The zero-order valence-electron chi connectivity index (χ0n) is 10.6. The van der Waals surface area contributed by atoms with Gasteiger partial charge in [-0.3, -0.25) is 9.59 Å². The Bertz CT molecular complexity index is 471. The van der Waals surface area contributed by atoms with E-state index >= 15 is 0 Å². The van der Waals surface area contributed by atoms with Crippen LogP contribution in [0.2, 0.25) is 0 Å². The Kier molecular flexibility index (Phi) is 3.65. The number of carbonyl (C=O) groups is 2. The van der Waals surface area contributed by atoms with Gasteiger partial charge in [0.25, 0.3) is 0 Å². The molecule has 18 heavy (non-hydrogen) atoms. The highest BCUT2D eigenvalue weighted by atomic mass is 16.2. The lowest BCUT2D eigenvalue weighted by Gasteiger charge is -2.22. The van der Waals surface area contributed by atoms with Gasteiger partial charge in [0, 0.05) is 6.54 Å². The van der Waals surface area contributed by atoms with Crippen molar-refractivity contribution >= 4 is 11.8 Å². The van der Waals surface area contributed by atoms with Crippen LogP contribution in [0.3, 0.4) is 0 Å². The number of hydrogen-bond acceptors (Lipinski definition) is 2. The molecule has 1 aromatic carbocycles. The second-order valence-electron chi connectivity index (χ2n) is 4.81. The number of carbonyl (C=O) groups excluding carboxylic acids is 2. The van der Waals surface area contributed by atoms with E-state index in [1.165, 1.54) is 0 Å². The third-order valence-electron chi connectivity index (χ3n) is 3.34. The first-order valence-electron chi connectivity index (χ1n) is 6.22. The van der Waals surface area contributed by atoms with Crippen LogP contribution in [0.25, 0.3) is 0 Å². The van der Waals surface area contributed by atoms with E-state index in [1.807, 2.05) is 31.2 Å². The van der Waals surface area contributed by atoms with Crippen molar-refractivity contribution in [2.24, 2.45) is 5.73 Å². The summed E-state index contributed by atoms with van der Waals surface area (Å²) in [5.74, 6) is -0.410. The molecule has 0 aliphatic carbocycles. The maximum absolute atomic E-state index is 12.2. The quantitative estimate of drug-likeness (QED) is 0.865. The molecule has 1 saturated heterocycles. The topological polar surface area (TPSA) is 63.4 Å². The molecule has 1 heterocycles. The number of rotatable bonds is 3. The van der Waals surface area contributed by atoms with Gasteiger partial charge in [-0.1, -0.05) is 29.8 Å². The van der Waals surface area contributed by atoms with Gasteiger partial charge in [0.15, 0.2) is 0 Å². The van der Waals surface area contributed by atoms with Crippen LogP contribution < -0.4 is 5.73 Å². The smallest absolute Gasteiger partial charge is 0.240 e. The van der Waals surface area contributed by atoms with Crippen LogP contribution in [-0.2, 0) is 16.0 Å². The lowest BCUT2D eigenvalue weighted by molar-refractivity contribution is -0.136. The lowest BCUT2D eigenvalue weighted by Crippen LogP contribution is -2.44. The van der Waals surface area contributed by atoms with Crippen LogP contribution in [0.15, 0.2) is 24.3 Å². The molecule has 1 aliphatic heterocycles. The summed E-state index contributed by atoms with van der Waals surface area (Å²) in [5.41, 5.74) is 7.42. The maximum Gasteiger partial charge on any atom is 0.240 e. The van der Waals surface area contributed by atoms with Crippen LogP contribution in [0.5, 0.6) is 0 Å². The average molecular weight is 246 g/mol. The van der Waals surface area contributed by atoms with Gasteiger partial charge in [0.2, 0.25) is 11.8 Å².